The van der Waals surface area contributed by atoms with Crippen LogP contribution in [0.25, 0.3) is 0 Å². The summed E-state index contributed by atoms with van der Waals surface area (Å²) in [5, 5.41) is -0.537. The van der Waals surface area contributed by atoms with Crippen molar-refractivity contribution >= 4 is 29.4 Å². The Labute approximate surface area is 124 Å². The Kier molecular flexibility index (Phi) is 4.90. The van der Waals surface area contributed by atoms with Crippen LogP contribution in [-0.4, -0.2) is 35.0 Å². The minimum absolute atomic E-state index is 0.103. The number of carbonyl (C=O) groups is 1. The number of hydrogen-bond acceptors (Lipinski definition) is 3. The Hall–Kier alpha value is -0.820. The lowest BCUT2D eigenvalue weighted by Gasteiger charge is -2.25. The lowest BCUT2D eigenvalue weighted by molar-refractivity contribution is -0.159. The van der Waals surface area contributed by atoms with Gasteiger partial charge in [0.1, 0.15) is 11.9 Å². The molecule has 1 atom stereocenters. The fraction of sp³-hybridized carbons (Fsp3) is 0.462. The highest BCUT2D eigenvalue weighted by molar-refractivity contribution is 8.00. The van der Waals surface area contributed by atoms with Crippen molar-refractivity contribution in [1.82, 2.24) is 4.90 Å². The van der Waals surface area contributed by atoms with Crippen LogP contribution < -0.4 is 0 Å². The molecular weight excluding hydrogens is 307 g/mol. The van der Waals surface area contributed by atoms with Gasteiger partial charge in [-0.1, -0.05) is 19.1 Å². The normalized spacial score (nSPS) is 19.7. The summed E-state index contributed by atoms with van der Waals surface area (Å²) in [6.07, 6.45) is -4.36. The maximum absolute atomic E-state index is 12.5. The Balaban J connectivity index is 2.15. The summed E-state index contributed by atoms with van der Waals surface area (Å²) in [6, 6.07) is 7.38. The van der Waals surface area contributed by atoms with Crippen molar-refractivity contribution in [2.45, 2.75) is 23.4 Å². The summed E-state index contributed by atoms with van der Waals surface area (Å²) in [6.45, 7) is 0.851. The summed E-state index contributed by atoms with van der Waals surface area (Å²) < 4.78 is 37.6. The van der Waals surface area contributed by atoms with Crippen LogP contribution >= 0.6 is 23.5 Å². The Morgan fingerprint density at radius 3 is 2.55 bits per heavy atom. The predicted molar refractivity (Wildman–Crippen MR) is 75.8 cm³/mol. The standard InChI is InChI=1S/C13H14F3NOS2/c1-2-19-10-5-3-9(4-6-10)12-17(8-13(14,15)16)11(18)7-20-12/h3-6,12H,2,7-8H2,1H3. The maximum atomic E-state index is 12.5. The molecule has 0 spiro atoms. The molecule has 0 N–H and O–H groups in total. The fourth-order valence-corrected chi connectivity index (χ4v) is 3.84. The average Bonchev–Trinajstić information content (AvgIpc) is 2.71. The highest BCUT2D eigenvalue weighted by atomic mass is 32.2. The highest BCUT2D eigenvalue weighted by Gasteiger charge is 2.40. The van der Waals surface area contributed by atoms with Gasteiger partial charge in [0.2, 0.25) is 5.91 Å². The van der Waals surface area contributed by atoms with Gasteiger partial charge in [-0.3, -0.25) is 4.79 Å². The van der Waals surface area contributed by atoms with Gasteiger partial charge in [0.05, 0.1) is 5.75 Å². The Morgan fingerprint density at radius 1 is 1.35 bits per heavy atom. The number of benzene rings is 1. The molecule has 1 aromatic carbocycles. The molecule has 0 bridgehead atoms. The van der Waals surface area contributed by atoms with Crippen LogP contribution in [0.4, 0.5) is 13.2 Å². The van der Waals surface area contributed by atoms with Gasteiger partial charge in [0.15, 0.2) is 0 Å². The monoisotopic (exact) mass is 321 g/mol. The largest absolute Gasteiger partial charge is 0.406 e. The number of alkyl halides is 3. The molecule has 0 aliphatic carbocycles. The van der Waals surface area contributed by atoms with Gasteiger partial charge in [-0.25, -0.2) is 0 Å². The Bertz CT molecular complexity index is 475. The molecule has 1 amide bonds. The number of halogens is 3. The molecule has 110 valence electrons. The molecule has 1 saturated heterocycles. The molecule has 1 unspecified atom stereocenters. The zero-order chi connectivity index (χ0) is 14.8. The lowest BCUT2D eigenvalue weighted by atomic mass is 10.2. The van der Waals surface area contributed by atoms with Crippen molar-refractivity contribution in [3.8, 4) is 0 Å². The SMILES string of the molecule is CCSc1ccc(C2SCC(=O)N2CC(F)(F)F)cc1. The van der Waals surface area contributed by atoms with E-state index in [4.69, 9.17) is 0 Å². The van der Waals surface area contributed by atoms with Gasteiger partial charge < -0.3 is 4.90 Å². The number of rotatable bonds is 4. The zero-order valence-electron chi connectivity index (χ0n) is 10.8. The van der Waals surface area contributed by atoms with Gasteiger partial charge in [0, 0.05) is 4.90 Å². The first-order chi connectivity index (χ1) is 9.40. The van der Waals surface area contributed by atoms with Crippen molar-refractivity contribution in [3.63, 3.8) is 0 Å². The second kappa shape index (κ2) is 6.30. The minimum atomic E-state index is -4.36. The van der Waals surface area contributed by atoms with E-state index < -0.39 is 24.0 Å². The fourth-order valence-electron chi connectivity index (χ4n) is 1.99. The van der Waals surface area contributed by atoms with E-state index in [1.807, 2.05) is 19.1 Å². The molecule has 0 radical (unpaired) electrons. The van der Waals surface area contributed by atoms with E-state index in [1.54, 1.807) is 23.9 Å². The third kappa shape index (κ3) is 3.85. The number of nitrogens with zero attached hydrogens (tertiary/aromatic N) is 1. The van der Waals surface area contributed by atoms with E-state index in [0.29, 0.717) is 0 Å². The van der Waals surface area contributed by atoms with E-state index in [-0.39, 0.29) is 5.75 Å². The van der Waals surface area contributed by atoms with E-state index in [0.717, 1.165) is 21.1 Å². The Morgan fingerprint density at radius 2 is 2.00 bits per heavy atom. The number of hydrogen-bond donors (Lipinski definition) is 0. The number of amides is 1. The van der Waals surface area contributed by atoms with Crippen molar-refractivity contribution in [2.75, 3.05) is 18.1 Å². The first kappa shape index (κ1) is 15.6. The van der Waals surface area contributed by atoms with E-state index >= 15 is 0 Å². The molecule has 20 heavy (non-hydrogen) atoms. The third-order valence-corrected chi connectivity index (χ3v) is 4.94. The summed E-state index contributed by atoms with van der Waals surface area (Å²) in [5.41, 5.74) is 0.741. The van der Waals surface area contributed by atoms with Crippen molar-refractivity contribution in [2.24, 2.45) is 0 Å². The van der Waals surface area contributed by atoms with Crippen LogP contribution in [0.2, 0.25) is 0 Å². The smallest absolute Gasteiger partial charge is 0.317 e. The first-order valence-corrected chi connectivity index (χ1v) is 8.14. The van der Waals surface area contributed by atoms with Crippen LogP contribution in [0, 0.1) is 0 Å². The minimum Gasteiger partial charge on any atom is -0.317 e. The molecule has 1 aliphatic heterocycles. The first-order valence-electron chi connectivity index (χ1n) is 6.11. The summed E-state index contributed by atoms with van der Waals surface area (Å²) in [7, 11) is 0. The summed E-state index contributed by atoms with van der Waals surface area (Å²) in [4.78, 5) is 13.6. The lowest BCUT2D eigenvalue weighted by Crippen LogP contribution is -2.37. The van der Waals surface area contributed by atoms with Crippen LogP contribution in [0.1, 0.15) is 17.9 Å². The van der Waals surface area contributed by atoms with E-state index in [1.165, 1.54) is 11.8 Å². The third-order valence-electron chi connectivity index (χ3n) is 2.79. The number of carbonyl (C=O) groups excluding carboxylic acids is 1. The van der Waals surface area contributed by atoms with Crippen LogP contribution in [-0.2, 0) is 4.79 Å². The summed E-state index contributed by atoms with van der Waals surface area (Å²) in [5.74, 6) is 0.590. The molecule has 1 fully saturated rings. The molecule has 2 nitrogen and oxygen atoms in total. The second-order valence-corrected chi connectivity index (χ2v) is 6.71. The average molecular weight is 321 g/mol. The molecular formula is C13H14F3NOS2. The molecule has 2 rings (SSSR count). The molecule has 1 aliphatic rings. The molecule has 1 aromatic rings. The van der Waals surface area contributed by atoms with Crippen LogP contribution in [0.15, 0.2) is 29.2 Å². The molecule has 7 heteroatoms. The molecule has 0 aromatic heterocycles. The van der Waals surface area contributed by atoms with Gasteiger partial charge >= 0.3 is 6.18 Å². The van der Waals surface area contributed by atoms with Crippen LogP contribution in [0.3, 0.4) is 0 Å². The highest BCUT2D eigenvalue weighted by Crippen LogP contribution is 2.40. The topological polar surface area (TPSA) is 20.3 Å². The van der Waals surface area contributed by atoms with E-state index in [9.17, 15) is 18.0 Å². The zero-order valence-corrected chi connectivity index (χ0v) is 12.4. The predicted octanol–water partition coefficient (Wildman–Crippen LogP) is 3.93. The van der Waals surface area contributed by atoms with Crippen molar-refractivity contribution in [1.29, 1.82) is 0 Å². The summed E-state index contributed by atoms with van der Waals surface area (Å²) >= 11 is 2.91. The van der Waals surface area contributed by atoms with Gasteiger partial charge in [-0.2, -0.15) is 13.2 Å². The van der Waals surface area contributed by atoms with Gasteiger partial charge in [0.25, 0.3) is 0 Å². The van der Waals surface area contributed by atoms with E-state index in [2.05, 4.69) is 0 Å². The van der Waals surface area contributed by atoms with Crippen LogP contribution in [0.5, 0.6) is 0 Å². The second-order valence-electron chi connectivity index (χ2n) is 4.30. The van der Waals surface area contributed by atoms with Crippen molar-refractivity contribution < 1.29 is 18.0 Å². The van der Waals surface area contributed by atoms with Gasteiger partial charge in [-0.15, -0.1) is 23.5 Å². The van der Waals surface area contributed by atoms with Crippen molar-refractivity contribution in [3.05, 3.63) is 29.8 Å². The number of thioether (sulfide) groups is 2. The molecule has 0 saturated carbocycles. The maximum Gasteiger partial charge on any atom is 0.406 e. The molecule has 1 heterocycles. The quantitative estimate of drug-likeness (QED) is 0.784. The van der Waals surface area contributed by atoms with Gasteiger partial charge in [-0.05, 0) is 23.4 Å².